The van der Waals surface area contributed by atoms with Gasteiger partial charge in [0.1, 0.15) is 12.4 Å². The molecule has 0 aliphatic rings. The van der Waals surface area contributed by atoms with Crippen LogP contribution in [0.25, 0.3) is 27.8 Å². The average Bonchev–Trinajstić information content (AvgIpc) is 3.34. The van der Waals surface area contributed by atoms with Crippen molar-refractivity contribution in [1.29, 1.82) is 0 Å². The van der Waals surface area contributed by atoms with E-state index in [-0.39, 0.29) is 17.9 Å². The molecule has 7 heteroatoms. The van der Waals surface area contributed by atoms with Crippen LogP contribution in [0.2, 0.25) is 0 Å². The normalized spacial score (nSPS) is 11.3. The van der Waals surface area contributed by atoms with Crippen LogP contribution in [0, 0.1) is 0 Å². The zero-order valence-corrected chi connectivity index (χ0v) is 23.5. The predicted octanol–water partition coefficient (Wildman–Crippen LogP) is 7.45. The van der Waals surface area contributed by atoms with E-state index in [2.05, 4.69) is 0 Å². The summed E-state index contributed by atoms with van der Waals surface area (Å²) in [6.07, 6.45) is 2.45. The van der Waals surface area contributed by atoms with Crippen molar-refractivity contribution in [3.8, 4) is 5.75 Å². The Morgan fingerprint density at radius 1 is 0.705 bits per heavy atom. The molecular weight excluding hydrogens is 554 g/mol. The average molecular weight is 582 g/mol. The van der Waals surface area contributed by atoms with Crippen LogP contribution in [-0.2, 0) is 17.9 Å². The van der Waals surface area contributed by atoms with Gasteiger partial charge in [-0.05, 0) is 64.4 Å². The summed E-state index contributed by atoms with van der Waals surface area (Å²) in [5.41, 5.74) is 3.87. The molecule has 0 spiro atoms. The molecule has 5 aromatic carbocycles. The van der Waals surface area contributed by atoms with Gasteiger partial charge in [0.25, 0.3) is 0 Å². The second-order valence-corrected chi connectivity index (χ2v) is 10.4. The van der Waals surface area contributed by atoms with E-state index >= 15 is 0 Å². The van der Waals surface area contributed by atoms with Gasteiger partial charge in [0.2, 0.25) is 0 Å². The molecule has 0 amide bonds. The maximum absolute atomic E-state index is 14.3. The van der Waals surface area contributed by atoms with Crippen LogP contribution >= 0.6 is 0 Å². The van der Waals surface area contributed by atoms with E-state index in [1.807, 2.05) is 89.5 Å². The molecule has 6 rings (SSSR count). The Bertz CT molecular complexity index is 2060. The molecule has 0 saturated carbocycles. The minimum Gasteiger partial charge on any atom is -0.489 e. The molecule has 0 unspecified atom stereocenters. The van der Waals surface area contributed by atoms with Crippen molar-refractivity contribution in [3.05, 3.63) is 155 Å². The van der Waals surface area contributed by atoms with Crippen molar-refractivity contribution in [2.24, 2.45) is 0 Å². The van der Waals surface area contributed by atoms with Gasteiger partial charge in [-0.25, -0.2) is 9.59 Å². The second-order valence-electron chi connectivity index (χ2n) is 10.4. The number of aromatic carboxylic acids is 1. The van der Waals surface area contributed by atoms with Crippen LogP contribution < -0.4 is 4.74 Å². The summed E-state index contributed by atoms with van der Waals surface area (Å²) < 4.78 is 7.99. The third-order valence-electron chi connectivity index (χ3n) is 7.49. The molecule has 2 N–H and O–H groups in total. The number of aliphatic carboxylic acids is 1. The lowest BCUT2D eigenvalue weighted by atomic mass is 9.97. The van der Waals surface area contributed by atoms with Crippen molar-refractivity contribution in [2.75, 3.05) is 0 Å². The first-order valence-corrected chi connectivity index (χ1v) is 14.0. The van der Waals surface area contributed by atoms with Crippen LogP contribution in [0.4, 0.5) is 0 Å². The van der Waals surface area contributed by atoms with Gasteiger partial charge in [0.15, 0.2) is 5.78 Å². The van der Waals surface area contributed by atoms with Gasteiger partial charge < -0.3 is 19.5 Å². The van der Waals surface area contributed by atoms with E-state index in [1.54, 1.807) is 18.2 Å². The van der Waals surface area contributed by atoms with Gasteiger partial charge >= 0.3 is 11.9 Å². The molecule has 1 aromatic heterocycles. The Balaban J connectivity index is 1.52. The highest BCUT2D eigenvalue weighted by Gasteiger charge is 2.24. The summed E-state index contributed by atoms with van der Waals surface area (Å²) in [5, 5.41) is 21.4. The fraction of sp³-hybridized carbons (Fsp3) is 0.0541. The number of hydrogen-bond donors (Lipinski definition) is 2. The van der Waals surface area contributed by atoms with Gasteiger partial charge in [-0.1, -0.05) is 78.9 Å². The second kappa shape index (κ2) is 12.1. The summed E-state index contributed by atoms with van der Waals surface area (Å²) in [7, 11) is 0. The molecule has 0 fully saturated rings. The number of ketones is 1. The monoisotopic (exact) mass is 581 g/mol. The Morgan fingerprint density at radius 3 is 2.14 bits per heavy atom. The van der Waals surface area contributed by atoms with Crippen LogP contribution in [0.15, 0.2) is 121 Å². The zero-order valence-electron chi connectivity index (χ0n) is 23.5. The number of carbonyl (C=O) groups excluding carboxylic acids is 1. The number of rotatable bonds is 10. The van der Waals surface area contributed by atoms with Crippen molar-refractivity contribution < 1.29 is 29.3 Å². The van der Waals surface area contributed by atoms with E-state index in [9.17, 15) is 24.6 Å². The number of carbonyl (C=O) groups is 3. The number of benzene rings is 5. The highest BCUT2D eigenvalue weighted by molar-refractivity contribution is 6.20. The molecular formula is C37H27NO6. The Hall–Kier alpha value is -5.95. The van der Waals surface area contributed by atoms with Gasteiger partial charge in [-0.15, -0.1) is 0 Å². The van der Waals surface area contributed by atoms with Crippen molar-refractivity contribution in [2.45, 2.75) is 13.2 Å². The van der Waals surface area contributed by atoms with Gasteiger partial charge in [-0.2, -0.15) is 0 Å². The van der Waals surface area contributed by atoms with Crippen LogP contribution in [0.1, 0.15) is 43.1 Å². The number of carboxylic acid groups (broad SMARTS) is 2. The molecule has 1 heterocycles. The fourth-order valence-electron chi connectivity index (χ4n) is 5.33. The fourth-order valence-corrected chi connectivity index (χ4v) is 5.33. The third-order valence-corrected chi connectivity index (χ3v) is 7.49. The van der Waals surface area contributed by atoms with E-state index in [4.69, 9.17) is 4.74 Å². The molecule has 0 saturated heterocycles. The summed E-state index contributed by atoms with van der Waals surface area (Å²) in [5.74, 6) is -1.88. The van der Waals surface area contributed by atoms with E-state index in [1.165, 1.54) is 18.2 Å². The molecule has 0 radical (unpaired) electrons. The van der Waals surface area contributed by atoms with E-state index in [0.29, 0.717) is 40.1 Å². The Morgan fingerprint density at radius 2 is 1.41 bits per heavy atom. The smallest absolute Gasteiger partial charge is 0.335 e. The predicted molar refractivity (Wildman–Crippen MR) is 169 cm³/mol. The lowest BCUT2D eigenvalue weighted by molar-refractivity contribution is -0.131. The largest absolute Gasteiger partial charge is 0.489 e. The third kappa shape index (κ3) is 5.84. The lowest BCUT2D eigenvalue weighted by Crippen LogP contribution is -2.07. The SMILES string of the molecule is O=C(O)C=Cc1c(C(=O)c2ccc3ccccc3c2)c2cc(OCc3ccccc3)ccc2n1Cc1ccc(C(=O)O)cc1. The molecule has 0 aliphatic heterocycles. The topological polar surface area (TPSA) is 106 Å². The first-order chi connectivity index (χ1) is 21.4. The first-order valence-electron chi connectivity index (χ1n) is 14.0. The van der Waals surface area contributed by atoms with Gasteiger partial charge in [0, 0.05) is 29.1 Å². The molecule has 0 atom stereocenters. The van der Waals surface area contributed by atoms with Crippen LogP contribution in [0.3, 0.4) is 0 Å². The Labute approximate surface area is 252 Å². The summed E-state index contributed by atoms with van der Waals surface area (Å²) >= 11 is 0. The maximum Gasteiger partial charge on any atom is 0.335 e. The molecule has 0 bridgehead atoms. The minimum atomic E-state index is -1.15. The summed E-state index contributed by atoms with van der Waals surface area (Å²) in [6, 6.07) is 35.0. The molecule has 216 valence electrons. The molecule has 44 heavy (non-hydrogen) atoms. The standard InChI is InChI=1S/C37H27NO6/c39-34(40)19-18-33-35(36(41)29-15-14-26-8-4-5-9-28(26)20-29)31-21-30(44-23-25-6-2-1-3-7-25)16-17-32(31)38(33)22-24-10-12-27(13-11-24)37(42)43/h1-21H,22-23H2,(H,39,40)(H,42,43). The number of ether oxygens (including phenoxy) is 1. The number of carboxylic acids is 2. The lowest BCUT2D eigenvalue weighted by Gasteiger charge is -2.11. The van der Waals surface area contributed by atoms with Crippen LogP contribution in [-0.4, -0.2) is 32.5 Å². The summed E-state index contributed by atoms with van der Waals surface area (Å²) in [6.45, 7) is 0.605. The maximum atomic E-state index is 14.3. The Kier molecular flexibility index (Phi) is 7.76. The number of hydrogen-bond acceptors (Lipinski definition) is 4. The summed E-state index contributed by atoms with van der Waals surface area (Å²) in [4.78, 5) is 37.4. The van der Waals surface area contributed by atoms with Crippen molar-refractivity contribution in [3.63, 3.8) is 0 Å². The quantitative estimate of drug-likeness (QED) is 0.129. The minimum absolute atomic E-state index is 0.157. The first kappa shape index (κ1) is 28.2. The molecule has 6 aromatic rings. The molecule has 7 nitrogen and oxygen atoms in total. The number of nitrogens with zero attached hydrogens (tertiary/aromatic N) is 1. The highest BCUT2D eigenvalue weighted by atomic mass is 16.5. The van der Waals surface area contributed by atoms with Crippen LogP contribution in [0.5, 0.6) is 5.75 Å². The molecule has 0 aliphatic carbocycles. The zero-order chi connectivity index (χ0) is 30.6. The van der Waals surface area contributed by atoms with E-state index in [0.717, 1.165) is 28.0 Å². The van der Waals surface area contributed by atoms with Gasteiger partial charge in [-0.3, -0.25) is 4.79 Å². The van der Waals surface area contributed by atoms with Gasteiger partial charge in [0.05, 0.1) is 16.8 Å². The van der Waals surface area contributed by atoms with Crippen molar-refractivity contribution >= 4 is 45.5 Å². The number of aromatic nitrogens is 1. The van der Waals surface area contributed by atoms with Crippen molar-refractivity contribution in [1.82, 2.24) is 4.57 Å². The van der Waals surface area contributed by atoms with E-state index < -0.39 is 11.9 Å². The highest BCUT2D eigenvalue weighted by Crippen LogP contribution is 2.34. The number of fused-ring (bicyclic) bond motifs is 2.